The van der Waals surface area contributed by atoms with Crippen molar-refractivity contribution in [2.24, 2.45) is 0 Å². The standard InChI is InChI=1S/C25H26N4O/c1-15-11-12-16(2)22(13-15)27-23(30)14-21-17(3)26-25-24(20-9-7-6-8-10-20)18(4)28-29(25)19(21)5/h6-13H,14H2,1-5H3,(H,27,30). The fourth-order valence-electron chi connectivity index (χ4n) is 3.89. The molecule has 0 aliphatic carbocycles. The number of amides is 1. The van der Waals surface area contributed by atoms with Gasteiger partial charge in [0.05, 0.1) is 12.1 Å². The maximum Gasteiger partial charge on any atom is 0.228 e. The summed E-state index contributed by atoms with van der Waals surface area (Å²) in [6.07, 6.45) is 0.258. The summed E-state index contributed by atoms with van der Waals surface area (Å²) in [5.74, 6) is -0.0526. The van der Waals surface area contributed by atoms with Crippen molar-refractivity contribution in [1.29, 1.82) is 0 Å². The van der Waals surface area contributed by atoms with Gasteiger partial charge in [-0.2, -0.15) is 5.10 Å². The molecule has 0 radical (unpaired) electrons. The molecule has 2 heterocycles. The van der Waals surface area contributed by atoms with E-state index in [0.717, 1.165) is 56.2 Å². The summed E-state index contributed by atoms with van der Waals surface area (Å²) in [5.41, 5.74) is 9.61. The monoisotopic (exact) mass is 398 g/mol. The largest absolute Gasteiger partial charge is 0.326 e. The first-order valence-electron chi connectivity index (χ1n) is 10.1. The van der Waals surface area contributed by atoms with Crippen molar-refractivity contribution in [3.05, 3.63) is 82.3 Å². The third-order valence-corrected chi connectivity index (χ3v) is 5.57. The summed E-state index contributed by atoms with van der Waals surface area (Å²) in [4.78, 5) is 17.7. The molecular weight excluding hydrogens is 372 g/mol. The van der Waals surface area contributed by atoms with Crippen molar-refractivity contribution in [2.75, 3.05) is 5.32 Å². The Morgan fingerprint density at radius 1 is 0.967 bits per heavy atom. The molecular formula is C25H26N4O. The Balaban J connectivity index is 1.70. The Morgan fingerprint density at radius 3 is 2.43 bits per heavy atom. The van der Waals surface area contributed by atoms with E-state index < -0.39 is 0 Å². The first-order valence-corrected chi connectivity index (χ1v) is 10.1. The minimum Gasteiger partial charge on any atom is -0.326 e. The van der Waals surface area contributed by atoms with E-state index in [1.165, 1.54) is 0 Å². The van der Waals surface area contributed by atoms with Crippen LogP contribution >= 0.6 is 0 Å². The van der Waals surface area contributed by atoms with Gasteiger partial charge >= 0.3 is 0 Å². The normalized spacial score (nSPS) is 11.1. The zero-order chi connectivity index (χ0) is 21.4. The smallest absolute Gasteiger partial charge is 0.228 e. The number of hydrogen-bond acceptors (Lipinski definition) is 3. The lowest BCUT2D eigenvalue weighted by atomic mass is 10.0. The first kappa shape index (κ1) is 19.8. The number of nitrogens with one attached hydrogen (secondary N) is 1. The van der Waals surface area contributed by atoms with Crippen LogP contribution in [-0.2, 0) is 11.2 Å². The number of hydrogen-bond donors (Lipinski definition) is 1. The van der Waals surface area contributed by atoms with Gasteiger partial charge in [-0.3, -0.25) is 4.79 Å². The van der Waals surface area contributed by atoms with Crippen LogP contribution in [0.5, 0.6) is 0 Å². The van der Waals surface area contributed by atoms with Gasteiger partial charge in [0, 0.05) is 28.2 Å². The van der Waals surface area contributed by atoms with E-state index in [9.17, 15) is 4.79 Å². The number of nitrogens with zero attached hydrogens (tertiary/aromatic N) is 3. The minimum absolute atomic E-state index is 0.0526. The van der Waals surface area contributed by atoms with Crippen LogP contribution in [0, 0.1) is 34.6 Å². The molecule has 4 aromatic rings. The van der Waals surface area contributed by atoms with E-state index in [1.807, 2.05) is 75.5 Å². The van der Waals surface area contributed by atoms with Gasteiger partial charge in [-0.1, -0.05) is 42.5 Å². The highest BCUT2D eigenvalue weighted by Crippen LogP contribution is 2.29. The second-order valence-corrected chi connectivity index (χ2v) is 7.87. The summed E-state index contributed by atoms with van der Waals surface area (Å²) in [6, 6.07) is 16.2. The molecule has 0 aliphatic rings. The van der Waals surface area contributed by atoms with E-state index in [0.29, 0.717) is 0 Å². The number of benzene rings is 2. The van der Waals surface area contributed by atoms with Gasteiger partial charge in [-0.25, -0.2) is 9.50 Å². The predicted octanol–water partition coefficient (Wildman–Crippen LogP) is 5.12. The Hall–Kier alpha value is -3.47. The lowest BCUT2D eigenvalue weighted by Crippen LogP contribution is -2.18. The molecule has 0 bridgehead atoms. The molecule has 5 heteroatoms. The van der Waals surface area contributed by atoms with Gasteiger partial charge in [0.25, 0.3) is 0 Å². The lowest BCUT2D eigenvalue weighted by molar-refractivity contribution is -0.115. The van der Waals surface area contributed by atoms with Crippen molar-refractivity contribution >= 4 is 17.2 Å². The zero-order valence-electron chi connectivity index (χ0n) is 18.1. The van der Waals surface area contributed by atoms with E-state index >= 15 is 0 Å². The number of fused-ring (bicyclic) bond motifs is 1. The minimum atomic E-state index is -0.0526. The fourth-order valence-corrected chi connectivity index (χ4v) is 3.89. The molecule has 0 aliphatic heterocycles. The molecule has 0 spiro atoms. The number of aryl methyl sites for hydroxylation is 5. The lowest BCUT2D eigenvalue weighted by Gasteiger charge is -2.13. The highest BCUT2D eigenvalue weighted by atomic mass is 16.1. The molecule has 0 fully saturated rings. The SMILES string of the molecule is Cc1ccc(C)c(NC(=O)Cc2c(C)nc3c(-c4ccccc4)c(C)nn3c2C)c1. The summed E-state index contributed by atoms with van der Waals surface area (Å²) < 4.78 is 1.87. The van der Waals surface area contributed by atoms with Crippen molar-refractivity contribution in [2.45, 2.75) is 41.0 Å². The quantitative estimate of drug-likeness (QED) is 0.519. The van der Waals surface area contributed by atoms with Crippen LogP contribution in [-0.4, -0.2) is 20.5 Å². The van der Waals surface area contributed by atoms with Crippen molar-refractivity contribution in [3.8, 4) is 11.1 Å². The highest BCUT2D eigenvalue weighted by molar-refractivity contribution is 5.93. The average molecular weight is 399 g/mol. The van der Waals surface area contributed by atoms with Gasteiger partial charge in [0.1, 0.15) is 0 Å². The second-order valence-electron chi connectivity index (χ2n) is 7.87. The number of anilines is 1. The first-order chi connectivity index (χ1) is 14.3. The van der Waals surface area contributed by atoms with Crippen molar-refractivity contribution < 1.29 is 4.79 Å². The van der Waals surface area contributed by atoms with Gasteiger partial charge in [0.2, 0.25) is 5.91 Å². The van der Waals surface area contributed by atoms with Gasteiger partial charge in [0.15, 0.2) is 5.65 Å². The Bertz CT molecular complexity index is 1260. The molecule has 1 amide bonds. The van der Waals surface area contributed by atoms with Crippen LogP contribution in [0.25, 0.3) is 16.8 Å². The molecule has 2 aromatic heterocycles. The maximum atomic E-state index is 12.8. The molecule has 4 rings (SSSR count). The molecule has 0 saturated carbocycles. The van der Waals surface area contributed by atoms with Gasteiger partial charge in [-0.05, 0) is 57.4 Å². The molecule has 30 heavy (non-hydrogen) atoms. The van der Waals surface area contributed by atoms with E-state index in [4.69, 9.17) is 10.1 Å². The zero-order valence-corrected chi connectivity index (χ0v) is 18.1. The fraction of sp³-hybridized carbons (Fsp3) is 0.240. The van der Waals surface area contributed by atoms with Crippen LogP contribution in [0.1, 0.15) is 33.8 Å². The number of rotatable bonds is 4. The number of carbonyl (C=O) groups is 1. The molecule has 152 valence electrons. The summed E-state index contributed by atoms with van der Waals surface area (Å²) in [7, 11) is 0. The molecule has 1 N–H and O–H groups in total. The third kappa shape index (κ3) is 3.59. The molecule has 0 atom stereocenters. The van der Waals surface area contributed by atoms with Crippen LogP contribution in [0.3, 0.4) is 0 Å². The highest BCUT2D eigenvalue weighted by Gasteiger charge is 2.19. The summed E-state index contributed by atoms with van der Waals surface area (Å²) >= 11 is 0. The third-order valence-electron chi connectivity index (χ3n) is 5.57. The van der Waals surface area contributed by atoms with Crippen LogP contribution in [0.15, 0.2) is 48.5 Å². The Labute approximate surface area is 176 Å². The molecule has 0 unspecified atom stereocenters. The molecule has 5 nitrogen and oxygen atoms in total. The van der Waals surface area contributed by atoms with E-state index in [1.54, 1.807) is 0 Å². The molecule has 2 aromatic carbocycles. The van der Waals surface area contributed by atoms with E-state index in [2.05, 4.69) is 17.4 Å². The number of carbonyl (C=O) groups excluding carboxylic acids is 1. The van der Waals surface area contributed by atoms with Crippen molar-refractivity contribution in [1.82, 2.24) is 14.6 Å². The topological polar surface area (TPSA) is 59.3 Å². The van der Waals surface area contributed by atoms with Gasteiger partial charge < -0.3 is 5.32 Å². The number of aromatic nitrogens is 3. The Morgan fingerprint density at radius 2 is 1.70 bits per heavy atom. The second kappa shape index (κ2) is 7.75. The average Bonchev–Trinajstić information content (AvgIpc) is 3.04. The Kier molecular flexibility index (Phi) is 5.12. The summed E-state index contributed by atoms with van der Waals surface area (Å²) in [5, 5.41) is 7.78. The van der Waals surface area contributed by atoms with Gasteiger partial charge in [-0.15, -0.1) is 0 Å². The van der Waals surface area contributed by atoms with Crippen LogP contribution < -0.4 is 5.32 Å². The van der Waals surface area contributed by atoms with E-state index in [-0.39, 0.29) is 12.3 Å². The maximum absolute atomic E-state index is 12.8. The van der Waals surface area contributed by atoms with Crippen LogP contribution in [0.4, 0.5) is 5.69 Å². The van der Waals surface area contributed by atoms with Crippen LogP contribution in [0.2, 0.25) is 0 Å². The van der Waals surface area contributed by atoms with Crippen molar-refractivity contribution in [3.63, 3.8) is 0 Å². The molecule has 0 saturated heterocycles. The summed E-state index contributed by atoms with van der Waals surface area (Å²) in [6.45, 7) is 9.98. The predicted molar refractivity (Wildman–Crippen MR) is 121 cm³/mol.